The van der Waals surface area contributed by atoms with Gasteiger partial charge >= 0.3 is 0 Å². The van der Waals surface area contributed by atoms with Crippen LogP contribution in [0.2, 0.25) is 5.02 Å². The van der Waals surface area contributed by atoms with E-state index in [1.165, 1.54) is 6.21 Å². The van der Waals surface area contributed by atoms with Crippen molar-refractivity contribution in [3.63, 3.8) is 0 Å². The Bertz CT molecular complexity index is 1270. The third-order valence-corrected chi connectivity index (χ3v) is 6.29. The zero-order valence-electron chi connectivity index (χ0n) is 17.4. The number of benzene rings is 2. The van der Waals surface area contributed by atoms with E-state index in [0.29, 0.717) is 42.5 Å². The van der Waals surface area contributed by atoms with Gasteiger partial charge in [0.1, 0.15) is 18.2 Å². The molecule has 0 radical (unpaired) electrons. The Morgan fingerprint density at radius 2 is 2.00 bits per heavy atom. The molecule has 5 rings (SSSR count). The Labute approximate surface area is 200 Å². The van der Waals surface area contributed by atoms with Gasteiger partial charge in [0, 0.05) is 36.6 Å². The molecular formula is C23H18Cl2N8. The first-order valence-corrected chi connectivity index (χ1v) is 11.1. The molecule has 0 N–H and O–H groups in total. The number of nitrogens with zero attached hydrogens (tertiary/aromatic N) is 8. The van der Waals surface area contributed by atoms with Crippen molar-refractivity contribution in [2.24, 2.45) is 15.4 Å². The summed E-state index contributed by atoms with van der Waals surface area (Å²) in [6, 6.07) is 17.5. The summed E-state index contributed by atoms with van der Waals surface area (Å²) in [6.45, 7) is 1.67. The number of aromatic nitrogens is 2. The molecule has 0 saturated heterocycles. The molecule has 0 fully saturated rings. The van der Waals surface area contributed by atoms with Crippen LogP contribution in [0.4, 0.5) is 11.5 Å². The van der Waals surface area contributed by atoms with E-state index in [1.807, 2.05) is 41.3 Å². The van der Waals surface area contributed by atoms with E-state index in [9.17, 15) is 5.26 Å². The molecule has 164 valence electrons. The topological polar surface area (TPSA) is 93.1 Å². The van der Waals surface area contributed by atoms with Crippen molar-refractivity contribution >= 4 is 40.9 Å². The molecular weight excluding hydrogens is 459 g/mol. The summed E-state index contributed by atoms with van der Waals surface area (Å²) >= 11 is 13.0. The molecule has 10 heteroatoms. The number of halogens is 2. The minimum absolute atomic E-state index is 0.448. The van der Waals surface area contributed by atoms with Crippen LogP contribution in [-0.4, -0.2) is 27.8 Å². The first kappa shape index (κ1) is 21.3. The Morgan fingerprint density at radius 1 is 1.15 bits per heavy atom. The number of anilines is 2. The van der Waals surface area contributed by atoms with Gasteiger partial charge in [0.2, 0.25) is 0 Å². The molecule has 0 aliphatic carbocycles. The zero-order valence-corrected chi connectivity index (χ0v) is 18.9. The Hall–Kier alpha value is -3.54. The Balaban J connectivity index is 1.56. The molecule has 2 aliphatic heterocycles. The fourth-order valence-corrected chi connectivity index (χ4v) is 4.47. The fraction of sp³-hybridized carbons (Fsp3) is 0.217. The predicted molar refractivity (Wildman–Crippen MR) is 128 cm³/mol. The van der Waals surface area contributed by atoms with E-state index in [1.54, 1.807) is 18.5 Å². The molecule has 0 bridgehead atoms. The lowest BCUT2D eigenvalue weighted by molar-refractivity contribution is 0.641. The maximum absolute atomic E-state index is 9.63. The maximum Gasteiger partial charge on any atom is 0.269 e. The van der Waals surface area contributed by atoms with Crippen LogP contribution in [0.25, 0.3) is 0 Å². The monoisotopic (exact) mass is 476 g/mol. The number of hydrogen-bond donors (Lipinski definition) is 0. The highest BCUT2D eigenvalue weighted by Gasteiger charge is 2.39. The van der Waals surface area contributed by atoms with Crippen LogP contribution in [0.15, 0.2) is 70.3 Å². The molecule has 0 amide bonds. The molecule has 3 heterocycles. The highest BCUT2D eigenvalue weighted by atomic mass is 35.5. The summed E-state index contributed by atoms with van der Waals surface area (Å²) < 4.78 is 0. The minimum atomic E-state index is -1.29. The largest absolute Gasteiger partial charge is 0.366 e. The number of fused-ring (bicyclic) bond motifs is 1. The molecule has 33 heavy (non-hydrogen) atoms. The number of hydrogen-bond acceptors (Lipinski definition) is 8. The van der Waals surface area contributed by atoms with Gasteiger partial charge in [-0.2, -0.15) is 5.26 Å². The van der Waals surface area contributed by atoms with E-state index >= 15 is 0 Å². The number of nitriles is 1. The molecule has 0 spiro atoms. The molecule has 2 aromatic carbocycles. The van der Waals surface area contributed by atoms with Crippen LogP contribution in [0.3, 0.4) is 0 Å². The van der Waals surface area contributed by atoms with Gasteiger partial charge in [-0.1, -0.05) is 53.5 Å². The first-order chi connectivity index (χ1) is 16.1. The van der Waals surface area contributed by atoms with Gasteiger partial charge in [-0.3, -0.25) is 0 Å². The molecule has 1 atom stereocenters. The normalized spacial score (nSPS) is 18.8. The van der Waals surface area contributed by atoms with Crippen LogP contribution >= 0.6 is 23.2 Å². The number of alkyl halides is 1. The van der Waals surface area contributed by atoms with E-state index in [2.05, 4.69) is 36.4 Å². The van der Waals surface area contributed by atoms with Gasteiger partial charge in [0.15, 0.2) is 0 Å². The second kappa shape index (κ2) is 8.77. The van der Waals surface area contributed by atoms with Crippen LogP contribution in [-0.2, 0) is 19.5 Å². The van der Waals surface area contributed by atoms with Crippen LogP contribution in [0.1, 0.15) is 22.4 Å². The summed E-state index contributed by atoms with van der Waals surface area (Å²) in [4.78, 5) is 13.2. The van der Waals surface area contributed by atoms with Crippen molar-refractivity contribution < 1.29 is 0 Å². The second-order valence-corrected chi connectivity index (χ2v) is 8.70. The van der Waals surface area contributed by atoms with Gasteiger partial charge in [-0.15, -0.1) is 10.2 Å². The van der Waals surface area contributed by atoms with Crippen LogP contribution < -0.4 is 9.80 Å². The molecule has 3 aromatic rings. The van der Waals surface area contributed by atoms with Crippen molar-refractivity contribution in [3.8, 4) is 6.07 Å². The molecule has 8 nitrogen and oxygen atoms in total. The van der Waals surface area contributed by atoms with E-state index in [-0.39, 0.29) is 0 Å². The zero-order chi connectivity index (χ0) is 22.8. The third-order valence-electron chi connectivity index (χ3n) is 5.68. The van der Waals surface area contributed by atoms with Crippen molar-refractivity contribution in [3.05, 3.63) is 82.3 Å². The lowest BCUT2D eigenvalue weighted by atomic mass is 10.0. The first-order valence-electron chi connectivity index (χ1n) is 10.3. The van der Waals surface area contributed by atoms with E-state index < -0.39 is 5.12 Å². The summed E-state index contributed by atoms with van der Waals surface area (Å²) in [5, 5.41) is 20.7. The number of rotatable bonds is 5. The fourth-order valence-electron chi connectivity index (χ4n) is 4.08. The van der Waals surface area contributed by atoms with Gasteiger partial charge in [-0.25, -0.2) is 9.97 Å². The summed E-state index contributed by atoms with van der Waals surface area (Å²) in [6.07, 6.45) is 3.75. The average Bonchev–Trinajstić information content (AvgIpc) is 3.30. The van der Waals surface area contributed by atoms with Crippen molar-refractivity contribution in [2.45, 2.75) is 24.6 Å². The molecule has 2 aliphatic rings. The maximum atomic E-state index is 9.63. The average molecular weight is 477 g/mol. The van der Waals surface area contributed by atoms with Gasteiger partial charge in [0.05, 0.1) is 23.2 Å². The molecule has 0 saturated carbocycles. The third kappa shape index (κ3) is 4.13. The molecule has 1 aromatic heterocycles. The van der Waals surface area contributed by atoms with Crippen LogP contribution in [0, 0.1) is 11.3 Å². The van der Waals surface area contributed by atoms with Crippen molar-refractivity contribution in [1.82, 2.24) is 9.97 Å². The second-order valence-electron chi connectivity index (χ2n) is 7.71. The van der Waals surface area contributed by atoms with Crippen LogP contribution in [0.5, 0.6) is 0 Å². The van der Waals surface area contributed by atoms with Gasteiger partial charge in [-0.05, 0) is 29.0 Å². The Kier molecular flexibility index (Phi) is 5.67. The Morgan fingerprint density at radius 3 is 2.76 bits per heavy atom. The van der Waals surface area contributed by atoms with E-state index in [0.717, 1.165) is 22.5 Å². The van der Waals surface area contributed by atoms with Gasteiger partial charge < -0.3 is 9.80 Å². The quantitative estimate of drug-likeness (QED) is 0.384. The molecule has 1 unspecified atom stereocenters. The van der Waals surface area contributed by atoms with Crippen molar-refractivity contribution in [2.75, 3.05) is 16.3 Å². The van der Waals surface area contributed by atoms with Crippen molar-refractivity contribution in [1.29, 1.82) is 5.26 Å². The lowest BCUT2D eigenvalue weighted by Crippen LogP contribution is -2.45. The highest BCUT2D eigenvalue weighted by Crippen LogP contribution is 2.37. The highest BCUT2D eigenvalue weighted by molar-refractivity contribution is 6.33. The lowest BCUT2D eigenvalue weighted by Gasteiger charge is -2.37. The predicted octanol–water partition coefficient (Wildman–Crippen LogP) is 4.92. The smallest absolute Gasteiger partial charge is 0.269 e. The van der Waals surface area contributed by atoms with E-state index in [4.69, 9.17) is 23.2 Å². The summed E-state index contributed by atoms with van der Waals surface area (Å²) in [5.41, 5.74) is 4.25. The minimum Gasteiger partial charge on any atom is -0.366 e. The SMILES string of the molecule is N#Cc1cc(Cl)ccc1N1CCc2ncnc(N(Cc3ccccc3)C3(Cl)C=NN=N3)c2C1. The van der Waals surface area contributed by atoms with Gasteiger partial charge in [0.25, 0.3) is 5.12 Å². The summed E-state index contributed by atoms with van der Waals surface area (Å²) in [5.74, 6) is 0.656. The summed E-state index contributed by atoms with van der Waals surface area (Å²) in [7, 11) is 0. The standard InChI is InChI=1S/C23H18Cl2N8/c24-18-6-7-21(17(10-18)11-26)32-9-8-20-19(13-32)22(28-15-27-20)33(23(25)14-29-31-30-23)12-16-4-2-1-3-5-16/h1-7,10,14-15H,8-9,12-13H2.